The van der Waals surface area contributed by atoms with Gasteiger partial charge in [-0.2, -0.15) is 0 Å². The first-order chi connectivity index (χ1) is 14.5. The van der Waals surface area contributed by atoms with Crippen molar-refractivity contribution in [2.24, 2.45) is 5.73 Å². The number of nitrogens with two attached hydrogens (primary N) is 1. The number of hydrogen-bond donors (Lipinski definition) is 1. The number of anilines is 1. The van der Waals surface area contributed by atoms with Crippen LogP contribution in [0.3, 0.4) is 0 Å². The lowest BCUT2D eigenvalue weighted by molar-refractivity contribution is -0.123. The maximum absolute atomic E-state index is 13.1. The zero-order chi connectivity index (χ0) is 21.1. The number of rotatable bonds is 6. The maximum Gasteiger partial charge on any atom is 0.239 e. The summed E-state index contributed by atoms with van der Waals surface area (Å²) in [4.78, 5) is 16.4. The molecule has 0 radical (unpaired) electrons. The summed E-state index contributed by atoms with van der Waals surface area (Å²) < 4.78 is 13.1. The zero-order valence-corrected chi connectivity index (χ0v) is 17.7. The van der Waals surface area contributed by atoms with E-state index in [1.54, 1.807) is 24.3 Å². The summed E-state index contributed by atoms with van der Waals surface area (Å²) >= 11 is 7.50. The van der Waals surface area contributed by atoms with Crippen molar-refractivity contribution in [3.05, 3.63) is 75.5 Å². The highest BCUT2D eigenvalue weighted by Gasteiger charge is 2.30. The standard InChI is InChI=1S/C21H21ClFN5OS/c22-16-5-3-15(4-6-16)19(20(24)29)27-9-11-28(12-10-27)21-26-25-18(30-21)13-14-1-7-17(23)8-2-14/h1-8,19H,9-13H2,(H2,24,29). The molecule has 1 aromatic heterocycles. The molecule has 2 heterocycles. The summed E-state index contributed by atoms with van der Waals surface area (Å²) in [5.41, 5.74) is 7.54. The van der Waals surface area contributed by atoms with Crippen LogP contribution in [0, 0.1) is 5.82 Å². The Kier molecular flexibility index (Phi) is 6.26. The first-order valence-electron chi connectivity index (χ1n) is 9.60. The Bertz CT molecular complexity index is 1000. The number of aromatic nitrogens is 2. The molecule has 0 spiro atoms. The average molecular weight is 446 g/mol. The van der Waals surface area contributed by atoms with E-state index in [2.05, 4.69) is 20.0 Å². The molecule has 1 aliphatic heterocycles. The zero-order valence-electron chi connectivity index (χ0n) is 16.2. The first kappa shape index (κ1) is 20.7. The summed E-state index contributed by atoms with van der Waals surface area (Å²) in [6.45, 7) is 2.82. The largest absolute Gasteiger partial charge is 0.368 e. The minimum Gasteiger partial charge on any atom is -0.368 e. The van der Waals surface area contributed by atoms with Crippen molar-refractivity contribution in [3.8, 4) is 0 Å². The Balaban J connectivity index is 1.39. The van der Waals surface area contributed by atoms with E-state index in [0.717, 1.165) is 34.4 Å². The van der Waals surface area contributed by atoms with E-state index < -0.39 is 6.04 Å². The third-order valence-corrected chi connectivity index (χ3v) is 6.37. The third-order valence-electron chi connectivity index (χ3n) is 5.13. The third kappa shape index (κ3) is 4.77. The van der Waals surface area contributed by atoms with Crippen LogP contribution < -0.4 is 10.6 Å². The molecule has 1 saturated heterocycles. The van der Waals surface area contributed by atoms with Gasteiger partial charge < -0.3 is 10.6 Å². The van der Waals surface area contributed by atoms with E-state index in [0.29, 0.717) is 24.5 Å². The summed E-state index contributed by atoms with van der Waals surface area (Å²) in [5.74, 6) is -0.620. The van der Waals surface area contributed by atoms with Gasteiger partial charge >= 0.3 is 0 Å². The van der Waals surface area contributed by atoms with Crippen molar-refractivity contribution >= 4 is 34.0 Å². The fourth-order valence-corrected chi connectivity index (χ4v) is 4.64. The predicted octanol–water partition coefficient (Wildman–Crippen LogP) is 3.27. The summed E-state index contributed by atoms with van der Waals surface area (Å²) in [7, 11) is 0. The molecule has 3 aromatic rings. The van der Waals surface area contributed by atoms with Crippen molar-refractivity contribution in [2.75, 3.05) is 31.1 Å². The van der Waals surface area contributed by atoms with Crippen molar-refractivity contribution in [3.63, 3.8) is 0 Å². The van der Waals surface area contributed by atoms with Crippen molar-refractivity contribution in [1.82, 2.24) is 15.1 Å². The molecule has 156 valence electrons. The predicted molar refractivity (Wildman–Crippen MR) is 116 cm³/mol. The van der Waals surface area contributed by atoms with Crippen molar-refractivity contribution in [2.45, 2.75) is 12.5 Å². The van der Waals surface area contributed by atoms with Crippen LogP contribution in [0.2, 0.25) is 5.02 Å². The minimum atomic E-state index is -0.479. The highest BCUT2D eigenvalue weighted by molar-refractivity contribution is 7.15. The van der Waals surface area contributed by atoms with Gasteiger partial charge in [0, 0.05) is 37.6 Å². The number of nitrogens with zero attached hydrogens (tertiary/aromatic N) is 4. The number of carbonyl (C=O) groups is 1. The van der Waals surface area contributed by atoms with E-state index in [-0.39, 0.29) is 11.7 Å². The van der Waals surface area contributed by atoms with Gasteiger partial charge in [0.2, 0.25) is 11.0 Å². The molecule has 4 rings (SSSR count). The smallest absolute Gasteiger partial charge is 0.239 e. The Morgan fingerprint density at radius 2 is 1.73 bits per heavy atom. The number of piperazine rings is 1. The van der Waals surface area contributed by atoms with Gasteiger partial charge in [0.15, 0.2) is 0 Å². The molecule has 6 nitrogen and oxygen atoms in total. The van der Waals surface area contributed by atoms with E-state index in [4.69, 9.17) is 17.3 Å². The molecule has 2 N–H and O–H groups in total. The monoisotopic (exact) mass is 445 g/mol. The van der Waals surface area contributed by atoms with Gasteiger partial charge in [-0.05, 0) is 35.4 Å². The molecule has 0 aliphatic carbocycles. The molecule has 9 heteroatoms. The van der Waals surface area contributed by atoms with Crippen LogP contribution in [0.4, 0.5) is 9.52 Å². The fraction of sp³-hybridized carbons (Fsp3) is 0.286. The number of benzene rings is 2. The maximum atomic E-state index is 13.1. The van der Waals surface area contributed by atoms with Crippen LogP contribution in [0.1, 0.15) is 22.2 Å². The van der Waals surface area contributed by atoms with Crippen LogP contribution >= 0.6 is 22.9 Å². The normalized spacial score (nSPS) is 15.9. The molecular formula is C21H21ClFN5OS. The Morgan fingerprint density at radius 1 is 1.07 bits per heavy atom. The lowest BCUT2D eigenvalue weighted by atomic mass is 10.0. The van der Waals surface area contributed by atoms with Crippen LogP contribution in [-0.2, 0) is 11.2 Å². The topological polar surface area (TPSA) is 75.4 Å². The number of hydrogen-bond acceptors (Lipinski definition) is 6. The first-order valence-corrected chi connectivity index (χ1v) is 10.8. The van der Waals surface area contributed by atoms with E-state index in [9.17, 15) is 9.18 Å². The summed E-state index contributed by atoms with van der Waals surface area (Å²) in [6.07, 6.45) is 0.623. The van der Waals surface area contributed by atoms with Gasteiger partial charge in [-0.3, -0.25) is 9.69 Å². The van der Waals surface area contributed by atoms with Crippen LogP contribution in [0.5, 0.6) is 0 Å². The Morgan fingerprint density at radius 3 is 2.37 bits per heavy atom. The highest BCUT2D eigenvalue weighted by Crippen LogP contribution is 2.27. The van der Waals surface area contributed by atoms with Gasteiger partial charge in [0.05, 0.1) is 0 Å². The number of halogens is 2. The van der Waals surface area contributed by atoms with E-state index in [1.807, 2.05) is 12.1 Å². The molecule has 1 amide bonds. The SMILES string of the molecule is NC(=O)C(c1ccc(Cl)cc1)N1CCN(c2nnc(Cc3ccc(F)cc3)s2)CC1. The van der Waals surface area contributed by atoms with E-state index >= 15 is 0 Å². The van der Waals surface area contributed by atoms with Gasteiger partial charge in [0.1, 0.15) is 16.9 Å². The average Bonchev–Trinajstić information content (AvgIpc) is 3.20. The molecule has 30 heavy (non-hydrogen) atoms. The number of primary amides is 1. The Hall–Kier alpha value is -2.55. The van der Waals surface area contributed by atoms with Gasteiger partial charge in [-0.15, -0.1) is 10.2 Å². The van der Waals surface area contributed by atoms with Crippen LogP contribution in [0.25, 0.3) is 0 Å². The molecule has 1 fully saturated rings. The van der Waals surface area contributed by atoms with Crippen LogP contribution in [0.15, 0.2) is 48.5 Å². The second-order valence-corrected chi connectivity index (χ2v) is 8.64. The van der Waals surface area contributed by atoms with Gasteiger partial charge in [-0.25, -0.2) is 4.39 Å². The quantitative estimate of drug-likeness (QED) is 0.630. The Labute approximate surface area is 183 Å². The number of amides is 1. The van der Waals surface area contributed by atoms with Crippen molar-refractivity contribution in [1.29, 1.82) is 0 Å². The molecule has 1 aliphatic rings. The highest BCUT2D eigenvalue weighted by atomic mass is 35.5. The van der Waals surface area contributed by atoms with Crippen molar-refractivity contribution < 1.29 is 9.18 Å². The fourth-order valence-electron chi connectivity index (χ4n) is 3.59. The van der Waals surface area contributed by atoms with Crippen LogP contribution in [-0.4, -0.2) is 47.2 Å². The summed E-state index contributed by atoms with van der Waals surface area (Å²) in [6, 6.07) is 13.2. The second kappa shape index (κ2) is 9.07. The molecule has 1 atom stereocenters. The van der Waals surface area contributed by atoms with Gasteiger partial charge in [-0.1, -0.05) is 47.2 Å². The summed E-state index contributed by atoms with van der Waals surface area (Å²) in [5, 5.41) is 11.0. The lowest BCUT2D eigenvalue weighted by Crippen LogP contribution is -2.50. The molecule has 0 saturated carbocycles. The molecular weight excluding hydrogens is 425 g/mol. The molecule has 0 bridgehead atoms. The lowest BCUT2D eigenvalue weighted by Gasteiger charge is -2.38. The van der Waals surface area contributed by atoms with E-state index in [1.165, 1.54) is 23.5 Å². The van der Waals surface area contributed by atoms with Gasteiger partial charge in [0.25, 0.3) is 0 Å². The second-order valence-electron chi connectivity index (χ2n) is 7.16. The minimum absolute atomic E-state index is 0.248. The molecule has 2 aromatic carbocycles. The number of carbonyl (C=O) groups excluding carboxylic acids is 1. The molecule has 1 unspecified atom stereocenters.